The Hall–Kier alpha value is -4.43. The monoisotopic (exact) mass is 492 g/mol. The molecular formula is C36H32N2. The molecule has 1 atom stereocenters. The van der Waals surface area contributed by atoms with Crippen LogP contribution in [0.2, 0.25) is 0 Å². The third-order valence-electron chi connectivity index (χ3n) is 7.64. The molecular weight excluding hydrogens is 460 g/mol. The van der Waals surface area contributed by atoms with E-state index in [2.05, 4.69) is 104 Å². The molecule has 2 nitrogen and oxygen atoms in total. The fourth-order valence-electron chi connectivity index (χ4n) is 5.67. The number of aryl methyl sites for hydroxylation is 1. The molecule has 0 spiro atoms. The fraction of sp³-hybridized carbons (Fsp3) is 0.139. The van der Waals surface area contributed by atoms with Crippen molar-refractivity contribution in [2.24, 2.45) is 4.99 Å². The van der Waals surface area contributed by atoms with Gasteiger partial charge in [-0.3, -0.25) is 4.99 Å². The smallest absolute Gasteiger partial charge is 0.0633 e. The van der Waals surface area contributed by atoms with Crippen LogP contribution in [-0.4, -0.2) is 5.71 Å². The summed E-state index contributed by atoms with van der Waals surface area (Å²) in [6, 6.07) is 21.3. The summed E-state index contributed by atoms with van der Waals surface area (Å²) in [5.41, 5.74) is 19.1. The van der Waals surface area contributed by atoms with Crippen molar-refractivity contribution in [3.8, 4) is 11.1 Å². The minimum atomic E-state index is -0.0158. The second kappa shape index (κ2) is 10.5. The summed E-state index contributed by atoms with van der Waals surface area (Å²) in [5.74, 6) is -0.0158. The van der Waals surface area contributed by atoms with Gasteiger partial charge < -0.3 is 5.73 Å². The van der Waals surface area contributed by atoms with Crippen molar-refractivity contribution >= 4 is 28.7 Å². The van der Waals surface area contributed by atoms with Crippen molar-refractivity contribution in [1.29, 1.82) is 0 Å². The predicted molar refractivity (Wildman–Crippen MR) is 164 cm³/mol. The van der Waals surface area contributed by atoms with Crippen molar-refractivity contribution in [3.05, 3.63) is 144 Å². The first-order chi connectivity index (χ1) is 18.7. The molecule has 0 saturated carbocycles. The standard InChI is InChI=1S/C36H32N2/c1-25(26-12-4-2-5-13-26)38-35-19-11-10-18-31(35)33-24-29(27-14-6-3-7-15-27)20-22-32(33)36-30-17-9-8-16-28(30)21-23-34(36)37/h2-6,9-14,17-24,31H,1,7-8,15-16,37H2/b38-35-. The number of hydrogen-bond donors (Lipinski definition) is 1. The molecule has 0 bridgehead atoms. The minimum absolute atomic E-state index is 0.0158. The highest BCUT2D eigenvalue weighted by molar-refractivity contribution is 6.07. The zero-order valence-electron chi connectivity index (χ0n) is 21.6. The van der Waals surface area contributed by atoms with Crippen LogP contribution in [0, 0.1) is 0 Å². The lowest BCUT2D eigenvalue weighted by Gasteiger charge is -2.25. The Balaban J connectivity index is 1.53. The maximum Gasteiger partial charge on any atom is 0.0633 e. The van der Waals surface area contributed by atoms with Gasteiger partial charge in [-0.25, -0.2) is 0 Å². The molecule has 0 aliphatic heterocycles. The van der Waals surface area contributed by atoms with Crippen molar-refractivity contribution in [3.63, 3.8) is 0 Å². The van der Waals surface area contributed by atoms with E-state index in [4.69, 9.17) is 10.7 Å². The molecule has 0 heterocycles. The number of allylic oxidation sites excluding steroid dienone is 9. The average Bonchev–Trinajstić information content (AvgIpc) is 2.98. The maximum absolute atomic E-state index is 6.72. The number of hydrogen-bond acceptors (Lipinski definition) is 2. The number of nitrogens with zero attached hydrogens (tertiary/aromatic N) is 1. The highest BCUT2D eigenvalue weighted by Gasteiger charge is 2.24. The van der Waals surface area contributed by atoms with Gasteiger partial charge in [-0.15, -0.1) is 0 Å². The SMILES string of the molecule is C=C(/N=C1/C=CC=CC1c1cc(C2=CC=CCC2)ccc1-c1c(N)ccc2c1C=CCC2)c1ccccc1. The molecule has 3 aliphatic carbocycles. The third-order valence-corrected chi connectivity index (χ3v) is 7.64. The fourth-order valence-corrected chi connectivity index (χ4v) is 5.67. The van der Waals surface area contributed by atoms with Gasteiger partial charge in [-0.1, -0.05) is 104 Å². The summed E-state index contributed by atoms with van der Waals surface area (Å²) < 4.78 is 0. The van der Waals surface area contributed by atoms with E-state index in [0.717, 1.165) is 53.9 Å². The largest absolute Gasteiger partial charge is 0.398 e. The summed E-state index contributed by atoms with van der Waals surface area (Å²) >= 11 is 0. The van der Waals surface area contributed by atoms with Gasteiger partial charge in [0.15, 0.2) is 0 Å². The highest BCUT2D eigenvalue weighted by Crippen LogP contribution is 2.42. The number of aliphatic imine (C=N–C) groups is 1. The van der Waals surface area contributed by atoms with Crippen LogP contribution >= 0.6 is 0 Å². The molecule has 6 rings (SSSR count). The van der Waals surface area contributed by atoms with Crippen LogP contribution in [0.25, 0.3) is 28.5 Å². The number of anilines is 1. The van der Waals surface area contributed by atoms with Gasteiger partial charge >= 0.3 is 0 Å². The summed E-state index contributed by atoms with van der Waals surface area (Å²) in [4.78, 5) is 5.06. The highest BCUT2D eigenvalue weighted by atomic mass is 14.8. The van der Waals surface area contributed by atoms with Crippen LogP contribution in [0.4, 0.5) is 5.69 Å². The van der Waals surface area contributed by atoms with Crippen molar-refractivity contribution in [2.75, 3.05) is 5.73 Å². The molecule has 0 amide bonds. The van der Waals surface area contributed by atoms with Gasteiger partial charge in [-0.2, -0.15) is 0 Å². The first-order valence-electron chi connectivity index (χ1n) is 13.4. The van der Waals surface area contributed by atoms with E-state index >= 15 is 0 Å². The lowest BCUT2D eigenvalue weighted by molar-refractivity contribution is 0.986. The normalized spacial score (nSPS) is 18.9. The van der Waals surface area contributed by atoms with E-state index in [0.29, 0.717) is 0 Å². The Morgan fingerprint density at radius 1 is 0.868 bits per heavy atom. The van der Waals surface area contributed by atoms with Crippen molar-refractivity contribution in [1.82, 2.24) is 0 Å². The van der Waals surface area contributed by atoms with Gasteiger partial charge in [0.25, 0.3) is 0 Å². The number of benzene rings is 3. The number of rotatable bonds is 5. The molecule has 186 valence electrons. The summed E-state index contributed by atoms with van der Waals surface area (Å²) in [6.45, 7) is 4.30. The van der Waals surface area contributed by atoms with Crippen LogP contribution in [0.15, 0.2) is 121 Å². The second-order valence-corrected chi connectivity index (χ2v) is 10.1. The molecule has 38 heavy (non-hydrogen) atoms. The van der Waals surface area contributed by atoms with Crippen LogP contribution in [0.1, 0.15) is 53.0 Å². The molecule has 3 aromatic carbocycles. The Bertz CT molecular complexity index is 1580. The van der Waals surface area contributed by atoms with Crippen LogP contribution in [0.5, 0.6) is 0 Å². The minimum Gasteiger partial charge on any atom is -0.398 e. The maximum atomic E-state index is 6.72. The van der Waals surface area contributed by atoms with Gasteiger partial charge in [0.2, 0.25) is 0 Å². The van der Waals surface area contributed by atoms with E-state index in [1.54, 1.807) is 0 Å². The quantitative estimate of drug-likeness (QED) is 0.355. The molecule has 0 aromatic heterocycles. The van der Waals surface area contributed by atoms with E-state index in [1.165, 1.54) is 33.4 Å². The molecule has 0 saturated heterocycles. The summed E-state index contributed by atoms with van der Waals surface area (Å²) in [7, 11) is 0. The average molecular weight is 493 g/mol. The van der Waals surface area contributed by atoms with Gasteiger partial charge in [-0.05, 0) is 82.8 Å². The first kappa shape index (κ1) is 23.9. The third kappa shape index (κ3) is 4.66. The topological polar surface area (TPSA) is 38.4 Å². The van der Waals surface area contributed by atoms with Crippen LogP contribution in [-0.2, 0) is 6.42 Å². The van der Waals surface area contributed by atoms with E-state index in [1.807, 2.05) is 18.2 Å². The van der Waals surface area contributed by atoms with Gasteiger partial charge in [0.1, 0.15) is 0 Å². The van der Waals surface area contributed by atoms with Crippen LogP contribution < -0.4 is 5.73 Å². The van der Waals surface area contributed by atoms with E-state index in [-0.39, 0.29) is 5.92 Å². The Kier molecular flexibility index (Phi) is 6.62. The first-order valence-corrected chi connectivity index (χ1v) is 13.4. The molecule has 1 unspecified atom stereocenters. The summed E-state index contributed by atoms with van der Waals surface area (Å²) in [5, 5.41) is 0. The Morgan fingerprint density at radius 3 is 2.58 bits per heavy atom. The van der Waals surface area contributed by atoms with Crippen molar-refractivity contribution < 1.29 is 0 Å². The molecule has 0 radical (unpaired) electrons. The molecule has 2 heteroatoms. The van der Waals surface area contributed by atoms with Gasteiger partial charge in [0.05, 0.1) is 11.4 Å². The number of nitrogens with two attached hydrogens (primary N) is 1. The Labute approximate surface area is 225 Å². The lowest BCUT2D eigenvalue weighted by Crippen LogP contribution is -2.13. The predicted octanol–water partition coefficient (Wildman–Crippen LogP) is 8.95. The Morgan fingerprint density at radius 2 is 1.74 bits per heavy atom. The van der Waals surface area contributed by atoms with E-state index in [9.17, 15) is 0 Å². The van der Waals surface area contributed by atoms with Crippen LogP contribution in [0.3, 0.4) is 0 Å². The molecule has 3 aromatic rings. The van der Waals surface area contributed by atoms with Crippen molar-refractivity contribution in [2.45, 2.75) is 31.6 Å². The lowest BCUT2D eigenvalue weighted by atomic mass is 9.80. The number of fused-ring (bicyclic) bond motifs is 1. The van der Waals surface area contributed by atoms with Gasteiger partial charge in [0, 0.05) is 17.2 Å². The molecule has 3 aliphatic rings. The number of nitrogen functional groups attached to an aromatic ring is 1. The summed E-state index contributed by atoms with van der Waals surface area (Å²) in [6.07, 6.45) is 23.9. The molecule has 0 fully saturated rings. The zero-order chi connectivity index (χ0) is 25.9. The molecule has 2 N–H and O–H groups in total. The van der Waals surface area contributed by atoms with E-state index < -0.39 is 0 Å². The second-order valence-electron chi connectivity index (χ2n) is 10.1. The zero-order valence-corrected chi connectivity index (χ0v) is 21.6.